The average Bonchev–Trinajstić information content (AvgIpc) is 2.91. The molecule has 4 nitrogen and oxygen atoms in total. The van der Waals surface area contributed by atoms with Crippen molar-refractivity contribution < 1.29 is 4.21 Å². The molecule has 1 aliphatic carbocycles. The minimum Gasteiger partial charge on any atom is -0.289 e. The molecule has 2 heterocycles. The van der Waals surface area contributed by atoms with Crippen LogP contribution in [-0.2, 0) is 11.0 Å². The number of aromatic nitrogens is 2. The second-order valence-electron chi connectivity index (χ2n) is 5.03. The fourth-order valence-electron chi connectivity index (χ4n) is 1.83. The molecule has 0 bridgehead atoms. The van der Waals surface area contributed by atoms with Crippen LogP contribution in [0.25, 0.3) is 5.52 Å². The van der Waals surface area contributed by atoms with E-state index in [4.69, 9.17) is 11.6 Å². The summed E-state index contributed by atoms with van der Waals surface area (Å²) in [4.78, 5) is 4.90. The zero-order valence-electron chi connectivity index (χ0n) is 10.2. The molecule has 0 amide bonds. The van der Waals surface area contributed by atoms with Crippen LogP contribution in [0.15, 0.2) is 23.4 Å². The Bertz CT molecular complexity index is 648. The van der Waals surface area contributed by atoms with E-state index < -0.39 is 11.0 Å². The number of rotatable bonds is 3. The number of imidazole rings is 1. The van der Waals surface area contributed by atoms with E-state index in [1.807, 2.05) is 13.0 Å². The first kappa shape index (κ1) is 12.1. The van der Waals surface area contributed by atoms with Crippen LogP contribution in [-0.4, -0.2) is 19.1 Å². The molecule has 0 aromatic carbocycles. The zero-order chi connectivity index (χ0) is 12.9. The third-order valence-corrected chi connectivity index (χ3v) is 4.95. The normalized spacial score (nSPS) is 19.1. The summed E-state index contributed by atoms with van der Waals surface area (Å²) in [6.45, 7) is 3.99. The highest BCUT2D eigenvalue weighted by molar-refractivity contribution is 7.83. The van der Waals surface area contributed by atoms with Crippen molar-refractivity contribution >= 4 is 28.1 Å². The molecule has 2 aromatic heterocycles. The van der Waals surface area contributed by atoms with E-state index in [0.717, 1.165) is 24.1 Å². The Morgan fingerprint density at radius 1 is 1.50 bits per heavy atom. The van der Waals surface area contributed by atoms with Gasteiger partial charge in [-0.05, 0) is 38.8 Å². The molecule has 1 fully saturated rings. The van der Waals surface area contributed by atoms with Gasteiger partial charge in [0.05, 0.1) is 16.1 Å². The van der Waals surface area contributed by atoms with Gasteiger partial charge in [-0.1, -0.05) is 11.6 Å². The van der Waals surface area contributed by atoms with Gasteiger partial charge in [-0.3, -0.25) is 4.40 Å². The van der Waals surface area contributed by atoms with Gasteiger partial charge in [-0.25, -0.2) is 13.9 Å². The predicted molar refractivity (Wildman–Crippen MR) is 72.1 cm³/mol. The SMILES string of the molecule is Cc1ncn2c(Cl)cc(S(=O)NC3(C)CC3)cc12. The quantitative estimate of drug-likeness (QED) is 0.880. The molecule has 0 radical (unpaired) electrons. The lowest BCUT2D eigenvalue weighted by Gasteiger charge is -2.11. The lowest BCUT2D eigenvalue weighted by Crippen LogP contribution is -2.29. The second kappa shape index (κ2) is 4.05. The first-order chi connectivity index (χ1) is 8.48. The monoisotopic (exact) mass is 283 g/mol. The van der Waals surface area contributed by atoms with E-state index in [0.29, 0.717) is 10.0 Å². The molecule has 0 saturated heterocycles. The van der Waals surface area contributed by atoms with Crippen molar-refractivity contribution in [3.05, 3.63) is 29.3 Å². The molecule has 3 rings (SSSR count). The second-order valence-corrected chi connectivity index (χ2v) is 6.63. The summed E-state index contributed by atoms with van der Waals surface area (Å²) in [5.74, 6) is 0. The Labute approximate surface area is 113 Å². The number of pyridine rings is 1. The largest absolute Gasteiger partial charge is 0.289 e. The van der Waals surface area contributed by atoms with Crippen molar-refractivity contribution in [3.8, 4) is 0 Å². The van der Waals surface area contributed by atoms with Gasteiger partial charge in [-0.2, -0.15) is 0 Å². The molecule has 0 spiro atoms. The topological polar surface area (TPSA) is 46.4 Å². The van der Waals surface area contributed by atoms with Crippen LogP contribution in [0.1, 0.15) is 25.5 Å². The van der Waals surface area contributed by atoms with Crippen molar-refractivity contribution in [2.24, 2.45) is 0 Å². The first-order valence-corrected chi connectivity index (χ1v) is 7.34. The molecule has 96 valence electrons. The molecule has 6 heteroatoms. The fraction of sp³-hybridized carbons (Fsp3) is 0.417. The highest BCUT2D eigenvalue weighted by Gasteiger charge is 2.38. The molecular formula is C12H14ClN3OS. The van der Waals surface area contributed by atoms with Crippen LogP contribution >= 0.6 is 11.6 Å². The Kier molecular flexibility index (Phi) is 2.73. The van der Waals surface area contributed by atoms with Crippen LogP contribution in [0.4, 0.5) is 0 Å². The maximum Gasteiger partial charge on any atom is 0.125 e. The van der Waals surface area contributed by atoms with Gasteiger partial charge < -0.3 is 0 Å². The number of fused-ring (bicyclic) bond motifs is 1. The summed E-state index contributed by atoms with van der Waals surface area (Å²) >= 11 is 6.17. The van der Waals surface area contributed by atoms with E-state index in [2.05, 4.69) is 16.6 Å². The standard InChI is InChI=1S/C12H14ClN3OS/c1-8-10-5-9(6-11(13)16(10)7-14-8)18(17)15-12(2)3-4-12/h5-7,15H,3-4H2,1-2H3. The summed E-state index contributed by atoms with van der Waals surface area (Å²) in [6, 6.07) is 3.60. The summed E-state index contributed by atoms with van der Waals surface area (Å²) in [6.07, 6.45) is 3.82. The summed E-state index contributed by atoms with van der Waals surface area (Å²) in [5.41, 5.74) is 1.81. The van der Waals surface area contributed by atoms with Crippen LogP contribution in [0, 0.1) is 6.92 Å². The fourth-order valence-corrected chi connectivity index (χ4v) is 3.36. The maximum absolute atomic E-state index is 12.2. The Morgan fingerprint density at radius 2 is 2.22 bits per heavy atom. The number of aryl methyl sites for hydroxylation is 1. The molecular weight excluding hydrogens is 270 g/mol. The van der Waals surface area contributed by atoms with Gasteiger partial charge in [0.25, 0.3) is 0 Å². The molecule has 1 saturated carbocycles. The van der Waals surface area contributed by atoms with Crippen molar-refractivity contribution in [2.75, 3.05) is 0 Å². The molecule has 1 atom stereocenters. The highest BCUT2D eigenvalue weighted by atomic mass is 35.5. The van der Waals surface area contributed by atoms with Crippen LogP contribution in [0.3, 0.4) is 0 Å². The van der Waals surface area contributed by atoms with Crippen molar-refractivity contribution in [1.29, 1.82) is 0 Å². The molecule has 1 unspecified atom stereocenters. The van der Waals surface area contributed by atoms with Crippen LogP contribution in [0.5, 0.6) is 0 Å². The predicted octanol–water partition coefficient (Wildman–Crippen LogP) is 2.46. The van der Waals surface area contributed by atoms with E-state index >= 15 is 0 Å². The zero-order valence-corrected chi connectivity index (χ0v) is 11.8. The number of nitrogens with zero attached hydrogens (tertiary/aromatic N) is 2. The summed E-state index contributed by atoms with van der Waals surface area (Å²) in [7, 11) is -1.22. The molecule has 1 aliphatic rings. The van der Waals surface area contributed by atoms with Crippen LogP contribution < -0.4 is 4.72 Å². The van der Waals surface area contributed by atoms with Gasteiger partial charge in [0.2, 0.25) is 0 Å². The van der Waals surface area contributed by atoms with Crippen molar-refractivity contribution in [2.45, 2.75) is 37.1 Å². The summed E-state index contributed by atoms with van der Waals surface area (Å²) in [5, 5.41) is 0.527. The number of nitrogens with one attached hydrogen (secondary N) is 1. The highest BCUT2D eigenvalue weighted by Crippen LogP contribution is 2.35. The van der Waals surface area contributed by atoms with Gasteiger partial charge in [-0.15, -0.1) is 0 Å². The Hall–Kier alpha value is -0.910. The third kappa shape index (κ3) is 2.06. The van der Waals surface area contributed by atoms with Crippen LogP contribution in [0.2, 0.25) is 5.15 Å². The molecule has 18 heavy (non-hydrogen) atoms. The minimum absolute atomic E-state index is 0.0265. The van der Waals surface area contributed by atoms with E-state index in [1.54, 1.807) is 16.8 Å². The lowest BCUT2D eigenvalue weighted by molar-refractivity contribution is 0.634. The molecule has 0 aliphatic heterocycles. The van der Waals surface area contributed by atoms with E-state index in [-0.39, 0.29) is 5.54 Å². The van der Waals surface area contributed by atoms with E-state index in [1.165, 1.54) is 0 Å². The van der Waals surface area contributed by atoms with E-state index in [9.17, 15) is 4.21 Å². The maximum atomic E-state index is 12.2. The smallest absolute Gasteiger partial charge is 0.125 e. The Balaban J connectivity index is 2.01. The lowest BCUT2D eigenvalue weighted by atomic mass is 10.3. The number of halogens is 1. The first-order valence-electron chi connectivity index (χ1n) is 5.81. The van der Waals surface area contributed by atoms with Gasteiger partial charge >= 0.3 is 0 Å². The molecule has 1 N–H and O–H groups in total. The number of hydrogen-bond acceptors (Lipinski definition) is 2. The van der Waals surface area contributed by atoms with Gasteiger partial charge in [0, 0.05) is 5.54 Å². The average molecular weight is 284 g/mol. The minimum atomic E-state index is -1.22. The summed E-state index contributed by atoms with van der Waals surface area (Å²) < 4.78 is 17.2. The Morgan fingerprint density at radius 3 is 2.89 bits per heavy atom. The number of hydrogen-bond donors (Lipinski definition) is 1. The van der Waals surface area contributed by atoms with Crippen molar-refractivity contribution in [1.82, 2.24) is 14.1 Å². The van der Waals surface area contributed by atoms with Crippen molar-refractivity contribution in [3.63, 3.8) is 0 Å². The van der Waals surface area contributed by atoms with Gasteiger partial charge in [0.15, 0.2) is 0 Å². The molecule has 2 aromatic rings. The third-order valence-electron chi connectivity index (χ3n) is 3.32. The van der Waals surface area contributed by atoms with Gasteiger partial charge in [0.1, 0.15) is 22.5 Å².